The van der Waals surface area contributed by atoms with Crippen molar-refractivity contribution in [1.82, 2.24) is 0 Å². The molecule has 3 fully saturated rings. The van der Waals surface area contributed by atoms with Crippen LogP contribution in [-0.4, -0.2) is 33.0 Å². The Bertz CT molecular complexity index is 715. The van der Waals surface area contributed by atoms with Crippen molar-refractivity contribution in [2.75, 3.05) is 0 Å². The highest BCUT2D eigenvalue weighted by molar-refractivity contribution is 5.86. The van der Waals surface area contributed by atoms with Crippen molar-refractivity contribution < 1.29 is 20.1 Å². The maximum Gasteiger partial charge on any atom is 0.382 e. The van der Waals surface area contributed by atoms with E-state index in [-0.39, 0.29) is 16.9 Å². The molecule has 3 N–H and O–H groups in total. The number of aliphatic carboxylic acids is 1. The van der Waals surface area contributed by atoms with Crippen molar-refractivity contribution >= 4 is 5.97 Å². The summed E-state index contributed by atoms with van der Waals surface area (Å²) in [5.41, 5.74) is 0.109. The van der Waals surface area contributed by atoms with Gasteiger partial charge in [-0.3, -0.25) is 0 Å². The number of fused-ring (bicyclic) bond motifs is 5. The second-order valence-electron chi connectivity index (χ2n) is 9.57. The summed E-state index contributed by atoms with van der Waals surface area (Å²) in [4.78, 5) is 10.9. The number of carboxylic acid groups (broad SMARTS) is 1. The van der Waals surface area contributed by atoms with Gasteiger partial charge in [-0.05, 0) is 74.5 Å². The standard InChI is InChI=1S/C22H30O4/c1-20-9-5-15(23)13-14(20)3-4-16-17(20)6-10-21(2)18(16)7-11-22(21,26)12-8-19(24)25/h3,15-18,23,26H,4-7,9-11,13H2,1-2H3,(H,24,25)/t15-,16-,17+,18-,20+,21-,22-/m1/s1. The highest BCUT2D eigenvalue weighted by Gasteiger charge is 2.63. The Morgan fingerprint density at radius 1 is 1.15 bits per heavy atom. The minimum atomic E-state index is -1.19. The molecule has 3 saturated carbocycles. The van der Waals surface area contributed by atoms with Gasteiger partial charge in [0.2, 0.25) is 0 Å². The monoisotopic (exact) mass is 358 g/mol. The summed E-state index contributed by atoms with van der Waals surface area (Å²) in [7, 11) is 0. The van der Waals surface area contributed by atoms with E-state index in [1.54, 1.807) is 0 Å². The van der Waals surface area contributed by atoms with Gasteiger partial charge >= 0.3 is 5.97 Å². The smallest absolute Gasteiger partial charge is 0.382 e. The molecular weight excluding hydrogens is 328 g/mol. The summed E-state index contributed by atoms with van der Waals surface area (Å²) in [6.45, 7) is 4.51. The lowest BCUT2D eigenvalue weighted by Gasteiger charge is -2.58. The molecule has 0 saturated heterocycles. The van der Waals surface area contributed by atoms with E-state index in [0.29, 0.717) is 24.2 Å². The third-order valence-corrected chi connectivity index (χ3v) is 8.61. The Morgan fingerprint density at radius 3 is 2.62 bits per heavy atom. The normalized spacial score (nSPS) is 49.8. The van der Waals surface area contributed by atoms with Crippen LogP contribution >= 0.6 is 0 Å². The summed E-state index contributed by atoms with van der Waals surface area (Å²) in [6, 6.07) is 0. The second kappa shape index (κ2) is 5.84. The maximum atomic E-state index is 11.2. The minimum absolute atomic E-state index is 0.178. The third kappa shape index (κ3) is 2.40. The first-order valence-electron chi connectivity index (χ1n) is 10.1. The lowest BCUT2D eigenvalue weighted by Crippen LogP contribution is -2.54. The first-order chi connectivity index (χ1) is 12.2. The largest absolute Gasteiger partial charge is 0.472 e. The maximum absolute atomic E-state index is 11.2. The van der Waals surface area contributed by atoms with Gasteiger partial charge in [0.25, 0.3) is 0 Å². The molecule has 0 amide bonds. The van der Waals surface area contributed by atoms with Crippen LogP contribution in [0, 0.1) is 40.4 Å². The molecule has 0 aromatic rings. The molecule has 4 rings (SSSR count). The van der Waals surface area contributed by atoms with Crippen molar-refractivity contribution in [3.8, 4) is 11.8 Å². The van der Waals surface area contributed by atoms with Crippen LogP contribution in [0.1, 0.15) is 65.2 Å². The van der Waals surface area contributed by atoms with Crippen LogP contribution in [0.25, 0.3) is 0 Å². The fraction of sp³-hybridized carbons (Fsp3) is 0.773. The molecule has 26 heavy (non-hydrogen) atoms. The van der Waals surface area contributed by atoms with Gasteiger partial charge in [0.15, 0.2) is 0 Å². The molecule has 4 aliphatic rings. The number of carbonyl (C=O) groups is 1. The predicted octanol–water partition coefficient (Wildman–Crippen LogP) is 3.13. The van der Waals surface area contributed by atoms with Crippen molar-refractivity contribution in [3.63, 3.8) is 0 Å². The van der Waals surface area contributed by atoms with Crippen molar-refractivity contribution in [1.29, 1.82) is 0 Å². The van der Waals surface area contributed by atoms with E-state index in [4.69, 9.17) is 5.11 Å². The first-order valence-corrected chi connectivity index (χ1v) is 10.1. The topological polar surface area (TPSA) is 77.8 Å². The molecule has 0 aromatic carbocycles. The Balaban J connectivity index is 1.66. The summed E-state index contributed by atoms with van der Waals surface area (Å²) in [6.07, 6.45) is 9.39. The SMILES string of the molecule is C[C@]12CC[C@@H](O)CC1=CC[C@H]1[C@H]3CC[C@@](O)(C#CC(=O)O)[C@]3(C)CC[C@@H]12. The zero-order valence-electron chi connectivity index (χ0n) is 15.8. The third-order valence-electron chi connectivity index (χ3n) is 8.61. The van der Waals surface area contributed by atoms with Gasteiger partial charge in [-0.15, -0.1) is 0 Å². The number of hydrogen-bond donors (Lipinski definition) is 3. The molecule has 4 heteroatoms. The van der Waals surface area contributed by atoms with Crippen LogP contribution in [-0.2, 0) is 4.79 Å². The van der Waals surface area contributed by atoms with E-state index in [9.17, 15) is 15.0 Å². The number of allylic oxidation sites excluding steroid dienone is 1. The fourth-order valence-corrected chi connectivity index (χ4v) is 7.02. The Kier molecular flexibility index (Phi) is 4.06. The Hall–Kier alpha value is -1.31. The van der Waals surface area contributed by atoms with E-state index >= 15 is 0 Å². The molecule has 0 aromatic heterocycles. The molecule has 4 nitrogen and oxygen atoms in total. The number of rotatable bonds is 0. The average Bonchev–Trinajstić information content (AvgIpc) is 2.86. The van der Waals surface area contributed by atoms with Crippen LogP contribution in [0.5, 0.6) is 0 Å². The van der Waals surface area contributed by atoms with Crippen LogP contribution in [0.4, 0.5) is 0 Å². The van der Waals surface area contributed by atoms with Crippen LogP contribution in [0.2, 0.25) is 0 Å². The quantitative estimate of drug-likeness (QED) is 0.459. The van der Waals surface area contributed by atoms with Gasteiger partial charge in [0.05, 0.1) is 6.10 Å². The lowest BCUT2D eigenvalue weighted by atomic mass is 9.47. The molecule has 7 atom stereocenters. The van der Waals surface area contributed by atoms with Crippen molar-refractivity contribution in [3.05, 3.63) is 11.6 Å². The van der Waals surface area contributed by atoms with E-state index in [1.807, 2.05) is 0 Å². The van der Waals surface area contributed by atoms with Crippen LogP contribution < -0.4 is 0 Å². The second-order valence-corrected chi connectivity index (χ2v) is 9.57. The average molecular weight is 358 g/mol. The Morgan fingerprint density at radius 2 is 1.88 bits per heavy atom. The van der Waals surface area contributed by atoms with Gasteiger partial charge in [0.1, 0.15) is 5.60 Å². The highest BCUT2D eigenvalue weighted by atomic mass is 16.4. The molecule has 142 valence electrons. The van der Waals surface area contributed by atoms with E-state index in [1.165, 1.54) is 5.57 Å². The molecule has 0 aliphatic heterocycles. The number of aliphatic hydroxyl groups is 2. The molecule has 0 spiro atoms. The van der Waals surface area contributed by atoms with Crippen molar-refractivity contribution in [2.24, 2.45) is 28.6 Å². The lowest BCUT2D eigenvalue weighted by molar-refractivity contribution is -0.130. The zero-order valence-corrected chi connectivity index (χ0v) is 15.8. The molecule has 0 heterocycles. The fourth-order valence-electron chi connectivity index (χ4n) is 7.02. The van der Waals surface area contributed by atoms with Crippen molar-refractivity contribution in [2.45, 2.75) is 76.9 Å². The van der Waals surface area contributed by atoms with E-state index < -0.39 is 11.6 Å². The van der Waals surface area contributed by atoms with Gasteiger partial charge in [-0.25, -0.2) is 4.79 Å². The number of aliphatic hydroxyl groups excluding tert-OH is 1. The first kappa shape index (κ1) is 18.1. The van der Waals surface area contributed by atoms with Gasteiger partial charge in [0, 0.05) is 11.3 Å². The summed E-state index contributed by atoms with van der Waals surface area (Å²) in [5.74, 6) is 5.26. The zero-order chi connectivity index (χ0) is 18.7. The van der Waals surface area contributed by atoms with Gasteiger partial charge < -0.3 is 15.3 Å². The minimum Gasteiger partial charge on any atom is -0.472 e. The van der Waals surface area contributed by atoms with Crippen LogP contribution in [0.3, 0.4) is 0 Å². The van der Waals surface area contributed by atoms with Gasteiger partial charge in [-0.1, -0.05) is 31.4 Å². The molecule has 0 radical (unpaired) electrons. The molecular formula is C22H30O4. The Labute approximate surface area is 155 Å². The van der Waals surface area contributed by atoms with E-state index in [2.05, 4.69) is 31.8 Å². The summed E-state index contributed by atoms with van der Waals surface area (Å²) < 4.78 is 0. The van der Waals surface area contributed by atoms with E-state index in [0.717, 1.165) is 44.9 Å². The number of carboxylic acids is 1. The molecule has 0 bridgehead atoms. The molecule has 0 unspecified atom stereocenters. The molecule has 4 aliphatic carbocycles. The summed E-state index contributed by atoms with van der Waals surface area (Å²) >= 11 is 0. The summed E-state index contributed by atoms with van der Waals surface area (Å²) in [5, 5.41) is 30.2. The van der Waals surface area contributed by atoms with Gasteiger partial charge in [-0.2, -0.15) is 0 Å². The van der Waals surface area contributed by atoms with Crippen LogP contribution in [0.15, 0.2) is 11.6 Å². The highest BCUT2D eigenvalue weighted by Crippen LogP contribution is 2.67. The predicted molar refractivity (Wildman–Crippen MR) is 98.1 cm³/mol. The number of hydrogen-bond acceptors (Lipinski definition) is 3.